The highest BCUT2D eigenvalue weighted by Gasteiger charge is 2.21. The number of pyridine rings is 1. The molecule has 3 rings (SSSR count). The number of halogens is 2. The van der Waals surface area contributed by atoms with Crippen LogP contribution in [0.5, 0.6) is 0 Å². The summed E-state index contributed by atoms with van der Waals surface area (Å²) in [6.07, 6.45) is 2.45. The fourth-order valence-corrected chi connectivity index (χ4v) is 2.30. The van der Waals surface area contributed by atoms with Crippen LogP contribution in [-0.4, -0.2) is 18.1 Å². The summed E-state index contributed by atoms with van der Waals surface area (Å²) >= 11 is 6.19. The van der Waals surface area contributed by atoms with E-state index in [9.17, 15) is 4.39 Å². The fraction of sp³-hybridized carbons (Fsp3) is 0.312. The summed E-state index contributed by atoms with van der Waals surface area (Å²) in [5, 5.41) is 4.06. The van der Waals surface area contributed by atoms with E-state index in [1.165, 1.54) is 25.0 Å². The van der Waals surface area contributed by atoms with Crippen LogP contribution in [0.3, 0.4) is 0 Å². The van der Waals surface area contributed by atoms with Gasteiger partial charge in [0.25, 0.3) is 0 Å². The molecule has 1 aliphatic carbocycles. The van der Waals surface area contributed by atoms with Crippen LogP contribution in [0, 0.1) is 5.82 Å². The summed E-state index contributed by atoms with van der Waals surface area (Å²) in [6.45, 7) is 0.661. The van der Waals surface area contributed by atoms with Crippen LogP contribution in [0.2, 0.25) is 5.02 Å². The molecule has 0 unspecified atom stereocenters. The Labute approximate surface area is 128 Å². The van der Waals surface area contributed by atoms with E-state index in [1.54, 1.807) is 6.07 Å². The van der Waals surface area contributed by atoms with Gasteiger partial charge in [0.2, 0.25) is 0 Å². The summed E-state index contributed by atoms with van der Waals surface area (Å²) in [7, 11) is 1.86. The highest BCUT2D eigenvalue weighted by molar-refractivity contribution is 6.31. The Bertz CT molecular complexity index is 643. The lowest BCUT2D eigenvalue weighted by Crippen LogP contribution is -2.18. The van der Waals surface area contributed by atoms with Crippen LogP contribution in [0.4, 0.5) is 15.9 Å². The number of nitrogens with zero attached hydrogens (tertiary/aromatic N) is 2. The van der Waals surface area contributed by atoms with Crippen LogP contribution in [-0.2, 0) is 6.54 Å². The second-order valence-corrected chi connectivity index (χ2v) is 5.70. The van der Waals surface area contributed by atoms with Crippen molar-refractivity contribution >= 4 is 23.1 Å². The second kappa shape index (κ2) is 6.00. The van der Waals surface area contributed by atoms with Gasteiger partial charge in [-0.1, -0.05) is 17.7 Å². The van der Waals surface area contributed by atoms with Gasteiger partial charge in [0, 0.05) is 25.3 Å². The van der Waals surface area contributed by atoms with Crippen molar-refractivity contribution in [1.29, 1.82) is 0 Å². The Morgan fingerprint density at radius 3 is 2.86 bits per heavy atom. The maximum atomic E-state index is 13.3. The fourth-order valence-electron chi connectivity index (χ4n) is 2.13. The highest BCUT2D eigenvalue weighted by Crippen LogP contribution is 2.26. The molecule has 110 valence electrons. The third-order valence-electron chi connectivity index (χ3n) is 3.58. The summed E-state index contributed by atoms with van der Waals surface area (Å²) in [6, 6.07) is 10.7. The number of rotatable bonds is 5. The van der Waals surface area contributed by atoms with Gasteiger partial charge < -0.3 is 10.2 Å². The predicted octanol–water partition coefficient (Wildman–Crippen LogP) is 3.89. The molecule has 1 N–H and O–H groups in total. The van der Waals surface area contributed by atoms with Crippen LogP contribution in [0.25, 0.3) is 0 Å². The maximum absolute atomic E-state index is 13.3. The van der Waals surface area contributed by atoms with Crippen molar-refractivity contribution in [3.8, 4) is 0 Å². The molecule has 1 heterocycles. The summed E-state index contributed by atoms with van der Waals surface area (Å²) < 4.78 is 13.3. The smallest absolute Gasteiger partial charge is 0.133 e. The molecule has 0 bridgehead atoms. The van der Waals surface area contributed by atoms with Crippen molar-refractivity contribution < 1.29 is 4.39 Å². The zero-order valence-electron chi connectivity index (χ0n) is 11.8. The Kier molecular flexibility index (Phi) is 4.08. The van der Waals surface area contributed by atoms with E-state index in [4.69, 9.17) is 11.6 Å². The summed E-state index contributed by atoms with van der Waals surface area (Å²) in [5.41, 5.74) is 1.58. The van der Waals surface area contributed by atoms with E-state index >= 15 is 0 Å². The number of aromatic nitrogens is 1. The van der Waals surface area contributed by atoms with Gasteiger partial charge in [-0.3, -0.25) is 0 Å². The average molecular weight is 306 g/mol. The van der Waals surface area contributed by atoms with E-state index in [0.29, 0.717) is 17.6 Å². The summed E-state index contributed by atoms with van der Waals surface area (Å²) in [5.74, 6) is 0.488. The van der Waals surface area contributed by atoms with Crippen molar-refractivity contribution in [1.82, 2.24) is 10.3 Å². The van der Waals surface area contributed by atoms with Gasteiger partial charge in [-0.25, -0.2) is 9.37 Å². The number of hydrogen-bond donors (Lipinski definition) is 1. The second-order valence-electron chi connectivity index (χ2n) is 5.29. The van der Waals surface area contributed by atoms with Gasteiger partial charge in [0.1, 0.15) is 11.6 Å². The molecule has 1 aromatic carbocycles. The van der Waals surface area contributed by atoms with Crippen LogP contribution in [0.1, 0.15) is 18.5 Å². The highest BCUT2D eigenvalue weighted by atomic mass is 35.5. The molecular formula is C16H17ClFN3. The quantitative estimate of drug-likeness (QED) is 0.908. The lowest BCUT2D eigenvalue weighted by Gasteiger charge is -2.19. The maximum Gasteiger partial charge on any atom is 0.133 e. The molecule has 0 spiro atoms. The molecule has 0 radical (unpaired) electrons. The normalized spacial score (nSPS) is 14.2. The van der Waals surface area contributed by atoms with Gasteiger partial charge in [-0.05, 0) is 43.2 Å². The van der Waals surface area contributed by atoms with Crippen molar-refractivity contribution in [2.45, 2.75) is 25.4 Å². The van der Waals surface area contributed by atoms with Gasteiger partial charge in [-0.2, -0.15) is 0 Å². The van der Waals surface area contributed by atoms with E-state index < -0.39 is 0 Å². The average Bonchev–Trinajstić information content (AvgIpc) is 3.30. The Hall–Kier alpha value is -1.65. The third kappa shape index (κ3) is 3.52. The number of anilines is 2. The molecular weight excluding hydrogens is 289 g/mol. The SMILES string of the molecule is CN(c1cccc(F)c1)c1ccc(Cl)c(CNC2CC2)n1. The first-order valence-electron chi connectivity index (χ1n) is 7.01. The van der Waals surface area contributed by atoms with Gasteiger partial charge in [-0.15, -0.1) is 0 Å². The molecule has 5 heteroatoms. The Morgan fingerprint density at radius 2 is 2.14 bits per heavy atom. The van der Waals surface area contributed by atoms with Crippen molar-refractivity contribution in [3.63, 3.8) is 0 Å². The van der Waals surface area contributed by atoms with Crippen molar-refractivity contribution in [3.05, 3.63) is 52.9 Å². The number of nitrogens with one attached hydrogen (secondary N) is 1. The van der Waals surface area contributed by atoms with E-state index in [-0.39, 0.29) is 5.82 Å². The molecule has 3 nitrogen and oxygen atoms in total. The van der Waals surface area contributed by atoms with E-state index in [1.807, 2.05) is 30.1 Å². The Morgan fingerprint density at radius 1 is 1.33 bits per heavy atom. The molecule has 1 aromatic heterocycles. The lowest BCUT2D eigenvalue weighted by atomic mass is 10.2. The first-order chi connectivity index (χ1) is 10.1. The molecule has 0 amide bonds. The first-order valence-corrected chi connectivity index (χ1v) is 7.39. The number of hydrogen-bond acceptors (Lipinski definition) is 3. The molecule has 0 atom stereocenters. The molecule has 21 heavy (non-hydrogen) atoms. The number of benzene rings is 1. The van der Waals surface area contributed by atoms with Gasteiger partial charge >= 0.3 is 0 Å². The molecule has 1 fully saturated rings. The first kappa shape index (κ1) is 14.3. The molecule has 1 saturated carbocycles. The van der Waals surface area contributed by atoms with Crippen LogP contribution >= 0.6 is 11.6 Å². The van der Waals surface area contributed by atoms with Crippen LogP contribution < -0.4 is 10.2 Å². The van der Waals surface area contributed by atoms with E-state index in [2.05, 4.69) is 10.3 Å². The minimum absolute atomic E-state index is 0.260. The minimum Gasteiger partial charge on any atom is -0.329 e. The summed E-state index contributed by atoms with van der Waals surface area (Å²) in [4.78, 5) is 6.43. The van der Waals surface area contributed by atoms with Crippen molar-refractivity contribution in [2.24, 2.45) is 0 Å². The van der Waals surface area contributed by atoms with E-state index in [0.717, 1.165) is 17.2 Å². The predicted molar refractivity (Wildman–Crippen MR) is 83.6 cm³/mol. The van der Waals surface area contributed by atoms with Gasteiger partial charge in [0.15, 0.2) is 0 Å². The van der Waals surface area contributed by atoms with Crippen molar-refractivity contribution in [2.75, 3.05) is 11.9 Å². The standard InChI is InChI=1S/C16H17ClFN3/c1-21(13-4-2-3-11(18)9-13)16-8-7-14(17)15(20-16)10-19-12-5-6-12/h2-4,7-9,12,19H,5-6,10H2,1H3. The molecule has 0 saturated heterocycles. The topological polar surface area (TPSA) is 28.2 Å². The lowest BCUT2D eigenvalue weighted by molar-refractivity contribution is 0.628. The van der Waals surface area contributed by atoms with Crippen LogP contribution in [0.15, 0.2) is 36.4 Å². The zero-order chi connectivity index (χ0) is 14.8. The molecule has 1 aliphatic rings. The van der Waals surface area contributed by atoms with Gasteiger partial charge in [0.05, 0.1) is 10.7 Å². The minimum atomic E-state index is -0.260. The third-order valence-corrected chi connectivity index (χ3v) is 3.92. The Balaban J connectivity index is 1.81. The zero-order valence-corrected chi connectivity index (χ0v) is 12.6. The molecule has 2 aromatic rings. The molecule has 0 aliphatic heterocycles. The monoisotopic (exact) mass is 305 g/mol. The largest absolute Gasteiger partial charge is 0.329 e.